The van der Waals surface area contributed by atoms with Gasteiger partial charge >= 0.3 is 0 Å². The van der Waals surface area contributed by atoms with Crippen molar-refractivity contribution in [1.29, 1.82) is 0 Å². The molecule has 0 atom stereocenters. The van der Waals surface area contributed by atoms with Crippen LogP contribution in [0.25, 0.3) is 11.0 Å². The second-order valence-electron chi connectivity index (χ2n) is 6.56. The van der Waals surface area contributed by atoms with E-state index in [9.17, 15) is 4.79 Å². The Morgan fingerprint density at radius 2 is 1.97 bits per heavy atom. The zero-order valence-corrected chi connectivity index (χ0v) is 17.8. The van der Waals surface area contributed by atoms with Crippen molar-refractivity contribution in [1.82, 2.24) is 15.0 Å². The van der Waals surface area contributed by atoms with Crippen LogP contribution in [-0.2, 0) is 11.3 Å². The van der Waals surface area contributed by atoms with Gasteiger partial charge in [0.25, 0.3) is 5.91 Å². The molecule has 30 heavy (non-hydrogen) atoms. The number of carbonyl (C=O) groups excluding carboxylic acids is 1. The van der Waals surface area contributed by atoms with E-state index in [0.717, 1.165) is 21.8 Å². The number of halogens is 1. The van der Waals surface area contributed by atoms with Gasteiger partial charge in [-0.15, -0.1) is 0 Å². The maximum absolute atomic E-state index is 12.3. The molecule has 0 saturated carbocycles. The third-order valence-corrected chi connectivity index (χ3v) is 5.81. The number of nitrogens with one attached hydrogen (secondary N) is 1. The van der Waals surface area contributed by atoms with E-state index in [1.54, 1.807) is 25.3 Å². The molecule has 0 bridgehead atoms. The maximum Gasteiger partial charge on any atom is 0.250 e. The molecule has 0 aliphatic heterocycles. The standard InChI is InChI=1S/C22H19ClN4O2S/c1-15(20-11-6-12-29-20)25-26-21(28)14-30-22-24-18-9-4-5-10-19(18)27(22)13-16-7-2-3-8-17(16)23/h2-12H,13-14H2,1H3,(H,26,28). The highest BCUT2D eigenvalue weighted by Crippen LogP contribution is 2.27. The normalized spacial score (nSPS) is 11.7. The van der Waals surface area contributed by atoms with E-state index in [4.69, 9.17) is 21.0 Å². The number of imidazole rings is 1. The summed E-state index contributed by atoms with van der Waals surface area (Å²) < 4.78 is 7.34. The van der Waals surface area contributed by atoms with Crippen LogP contribution < -0.4 is 5.43 Å². The van der Waals surface area contributed by atoms with Crippen molar-refractivity contribution in [2.45, 2.75) is 18.6 Å². The van der Waals surface area contributed by atoms with Crippen LogP contribution in [0, 0.1) is 0 Å². The van der Waals surface area contributed by atoms with Crippen molar-refractivity contribution in [2.24, 2.45) is 5.10 Å². The van der Waals surface area contributed by atoms with Crippen LogP contribution in [0.15, 0.2) is 81.6 Å². The minimum atomic E-state index is -0.220. The lowest BCUT2D eigenvalue weighted by atomic mass is 10.2. The molecule has 0 spiro atoms. The van der Waals surface area contributed by atoms with E-state index in [2.05, 4.69) is 15.1 Å². The Morgan fingerprint density at radius 3 is 2.77 bits per heavy atom. The van der Waals surface area contributed by atoms with Gasteiger partial charge in [0.2, 0.25) is 0 Å². The number of fused-ring (bicyclic) bond motifs is 1. The number of hydrogen-bond acceptors (Lipinski definition) is 5. The molecule has 8 heteroatoms. The maximum atomic E-state index is 12.3. The zero-order chi connectivity index (χ0) is 20.9. The molecule has 0 saturated heterocycles. The largest absolute Gasteiger partial charge is 0.463 e. The first kappa shape index (κ1) is 20.3. The Morgan fingerprint density at radius 1 is 1.17 bits per heavy atom. The average molecular weight is 439 g/mol. The second-order valence-corrected chi connectivity index (χ2v) is 7.91. The fraction of sp³-hybridized carbons (Fsp3) is 0.136. The van der Waals surface area contributed by atoms with Gasteiger partial charge in [0.15, 0.2) is 5.16 Å². The SMILES string of the molecule is CC(=NNC(=O)CSc1nc2ccccc2n1Cc1ccccc1Cl)c1ccco1. The molecule has 2 heterocycles. The highest BCUT2D eigenvalue weighted by molar-refractivity contribution is 7.99. The number of amides is 1. The van der Waals surface area contributed by atoms with Gasteiger partial charge in [-0.25, -0.2) is 10.4 Å². The predicted octanol–water partition coefficient (Wildman–Crippen LogP) is 4.96. The van der Waals surface area contributed by atoms with Gasteiger partial charge in [-0.05, 0) is 42.8 Å². The summed E-state index contributed by atoms with van der Waals surface area (Å²) >= 11 is 7.72. The summed E-state index contributed by atoms with van der Waals surface area (Å²) in [5.41, 5.74) is 6.02. The number of hydrazone groups is 1. The molecule has 152 valence electrons. The van der Waals surface area contributed by atoms with Crippen LogP contribution in [0.3, 0.4) is 0 Å². The van der Waals surface area contributed by atoms with E-state index in [1.807, 2.05) is 48.5 Å². The molecular weight excluding hydrogens is 420 g/mol. The first-order valence-corrected chi connectivity index (χ1v) is 10.7. The number of aromatic nitrogens is 2. The molecule has 1 N–H and O–H groups in total. The highest BCUT2D eigenvalue weighted by atomic mass is 35.5. The lowest BCUT2D eigenvalue weighted by Gasteiger charge is -2.10. The van der Waals surface area contributed by atoms with Gasteiger partial charge in [0, 0.05) is 5.02 Å². The number of furan rings is 1. The first-order valence-electron chi connectivity index (χ1n) is 9.30. The number of nitrogens with zero attached hydrogens (tertiary/aromatic N) is 3. The molecule has 0 unspecified atom stereocenters. The lowest BCUT2D eigenvalue weighted by molar-refractivity contribution is -0.118. The summed E-state index contributed by atoms with van der Waals surface area (Å²) in [6.45, 7) is 2.34. The molecule has 2 aromatic heterocycles. The fourth-order valence-electron chi connectivity index (χ4n) is 2.96. The highest BCUT2D eigenvalue weighted by Gasteiger charge is 2.14. The molecule has 4 rings (SSSR count). The summed E-state index contributed by atoms with van der Waals surface area (Å²) in [7, 11) is 0. The first-order chi connectivity index (χ1) is 14.6. The van der Waals surface area contributed by atoms with Crippen LogP contribution in [-0.4, -0.2) is 26.9 Å². The number of benzene rings is 2. The zero-order valence-electron chi connectivity index (χ0n) is 16.2. The molecule has 1 amide bonds. The minimum Gasteiger partial charge on any atom is -0.463 e. The van der Waals surface area contributed by atoms with Crippen molar-refractivity contribution in [3.63, 3.8) is 0 Å². The summed E-state index contributed by atoms with van der Waals surface area (Å²) in [4.78, 5) is 17.0. The molecule has 0 fully saturated rings. The number of carbonyl (C=O) groups is 1. The van der Waals surface area contributed by atoms with Gasteiger partial charge in [-0.2, -0.15) is 5.10 Å². The van der Waals surface area contributed by atoms with Gasteiger partial charge in [-0.1, -0.05) is 53.7 Å². The van der Waals surface area contributed by atoms with Crippen LogP contribution >= 0.6 is 23.4 Å². The topological polar surface area (TPSA) is 72.4 Å². The second kappa shape index (κ2) is 9.19. The fourth-order valence-corrected chi connectivity index (χ4v) is 3.96. The van der Waals surface area contributed by atoms with Gasteiger partial charge in [0.1, 0.15) is 11.5 Å². The monoisotopic (exact) mass is 438 g/mol. The van der Waals surface area contributed by atoms with Crippen molar-refractivity contribution in [2.75, 3.05) is 5.75 Å². The van der Waals surface area contributed by atoms with Crippen molar-refractivity contribution in [3.8, 4) is 0 Å². The molecule has 2 aromatic carbocycles. The molecular formula is C22H19ClN4O2S. The van der Waals surface area contributed by atoms with Crippen molar-refractivity contribution < 1.29 is 9.21 Å². The molecule has 6 nitrogen and oxygen atoms in total. The quantitative estimate of drug-likeness (QED) is 0.251. The molecule has 4 aromatic rings. The number of rotatable bonds is 7. The van der Waals surface area contributed by atoms with Crippen LogP contribution in [0.4, 0.5) is 0 Å². The van der Waals surface area contributed by atoms with E-state index >= 15 is 0 Å². The predicted molar refractivity (Wildman–Crippen MR) is 120 cm³/mol. The van der Waals surface area contributed by atoms with Crippen LogP contribution in [0.5, 0.6) is 0 Å². The van der Waals surface area contributed by atoms with E-state index in [1.165, 1.54) is 11.8 Å². The Labute approximate surface area is 182 Å². The molecule has 0 aliphatic carbocycles. The summed E-state index contributed by atoms with van der Waals surface area (Å²) in [5.74, 6) is 0.576. The Balaban J connectivity index is 1.50. The summed E-state index contributed by atoms with van der Waals surface area (Å²) in [5, 5.41) is 5.54. The molecule has 0 aliphatic rings. The van der Waals surface area contributed by atoms with Crippen LogP contribution in [0.2, 0.25) is 5.02 Å². The average Bonchev–Trinajstić information content (AvgIpc) is 3.41. The summed E-state index contributed by atoms with van der Waals surface area (Å²) in [6, 6.07) is 19.2. The Bertz CT molecular complexity index is 1200. The molecule has 0 radical (unpaired) electrons. The number of para-hydroxylation sites is 2. The Kier molecular flexibility index (Phi) is 6.21. The van der Waals surface area contributed by atoms with E-state index in [0.29, 0.717) is 23.0 Å². The van der Waals surface area contributed by atoms with Crippen molar-refractivity contribution >= 4 is 46.0 Å². The van der Waals surface area contributed by atoms with Gasteiger partial charge in [-0.3, -0.25) is 4.79 Å². The minimum absolute atomic E-state index is 0.181. The third-order valence-electron chi connectivity index (χ3n) is 4.46. The van der Waals surface area contributed by atoms with Crippen molar-refractivity contribution in [3.05, 3.63) is 83.3 Å². The third kappa shape index (κ3) is 4.58. The van der Waals surface area contributed by atoms with Gasteiger partial charge in [0.05, 0.1) is 29.6 Å². The smallest absolute Gasteiger partial charge is 0.250 e. The number of hydrogen-bond donors (Lipinski definition) is 1. The summed E-state index contributed by atoms with van der Waals surface area (Å²) in [6.07, 6.45) is 1.56. The van der Waals surface area contributed by atoms with Crippen LogP contribution in [0.1, 0.15) is 18.2 Å². The van der Waals surface area contributed by atoms with Gasteiger partial charge < -0.3 is 8.98 Å². The Hall–Kier alpha value is -3.03. The van der Waals surface area contributed by atoms with E-state index in [-0.39, 0.29) is 11.7 Å². The number of thioether (sulfide) groups is 1. The lowest BCUT2D eigenvalue weighted by Crippen LogP contribution is -2.21. The van der Waals surface area contributed by atoms with E-state index < -0.39 is 0 Å².